The monoisotopic (exact) mass is 288 g/mol. The highest BCUT2D eigenvalue weighted by Crippen LogP contribution is 2.14. The highest BCUT2D eigenvalue weighted by Gasteiger charge is 2.10. The summed E-state index contributed by atoms with van der Waals surface area (Å²) in [6.07, 6.45) is 2.80. The minimum atomic E-state index is -0.445. The van der Waals surface area contributed by atoms with Crippen LogP contribution in [0.2, 0.25) is 0 Å². The summed E-state index contributed by atoms with van der Waals surface area (Å²) in [5.41, 5.74) is 1.34. The van der Waals surface area contributed by atoms with Gasteiger partial charge in [0, 0.05) is 18.3 Å². The Bertz CT molecular complexity index is 628. The Balaban J connectivity index is 2.21. The molecule has 110 valence electrons. The molecule has 0 radical (unpaired) electrons. The predicted molar refractivity (Wildman–Crippen MR) is 79.9 cm³/mol. The second-order valence-corrected chi connectivity index (χ2v) is 4.55. The molecule has 6 heteroatoms. The molecule has 2 N–H and O–H groups in total. The quantitative estimate of drug-likeness (QED) is 0.887. The Morgan fingerprint density at radius 1 is 1.29 bits per heavy atom. The van der Waals surface area contributed by atoms with Crippen molar-refractivity contribution in [2.24, 2.45) is 0 Å². The SMILES string of the molecule is CCCc1cc(C(=O)Nc2ccc(F)cn2)cc(NC)n1. The van der Waals surface area contributed by atoms with Crippen LogP contribution in [-0.2, 0) is 6.42 Å². The van der Waals surface area contributed by atoms with Crippen LogP contribution in [-0.4, -0.2) is 22.9 Å². The molecule has 0 saturated carbocycles. The Morgan fingerprint density at radius 3 is 2.71 bits per heavy atom. The van der Waals surface area contributed by atoms with Crippen molar-refractivity contribution in [1.29, 1.82) is 0 Å². The molecule has 0 saturated heterocycles. The van der Waals surface area contributed by atoms with Gasteiger partial charge in [-0.25, -0.2) is 14.4 Å². The number of aromatic nitrogens is 2. The lowest BCUT2D eigenvalue weighted by molar-refractivity contribution is 0.102. The lowest BCUT2D eigenvalue weighted by Gasteiger charge is -2.08. The van der Waals surface area contributed by atoms with Crippen LogP contribution < -0.4 is 10.6 Å². The van der Waals surface area contributed by atoms with E-state index in [1.807, 2.05) is 0 Å². The first-order chi connectivity index (χ1) is 10.1. The fourth-order valence-electron chi connectivity index (χ4n) is 1.87. The zero-order valence-electron chi connectivity index (χ0n) is 12.0. The molecule has 5 nitrogen and oxygen atoms in total. The molecule has 0 aromatic carbocycles. The summed E-state index contributed by atoms with van der Waals surface area (Å²) in [4.78, 5) is 20.4. The Kier molecular flexibility index (Phi) is 4.81. The van der Waals surface area contributed by atoms with Crippen molar-refractivity contribution in [1.82, 2.24) is 9.97 Å². The third kappa shape index (κ3) is 3.98. The first-order valence-electron chi connectivity index (χ1n) is 6.74. The fourth-order valence-corrected chi connectivity index (χ4v) is 1.87. The predicted octanol–water partition coefficient (Wildman–Crippen LogP) is 2.86. The second-order valence-electron chi connectivity index (χ2n) is 4.55. The number of amides is 1. The highest BCUT2D eigenvalue weighted by atomic mass is 19.1. The van der Waals surface area contributed by atoms with Gasteiger partial charge in [0.15, 0.2) is 0 Å². The van der Waals surface area contributed by atoms with Crippen molar-refractivity contribution >= 4 is 17.5 Å². The van der Waals surface area contributed by atoms with Crippen molar-refractivity contribution in [2.75, 3.05) is 17.7 Å². The number of carbonyl (C=O) groups is 1. The van der Waals surface area contributed by atoms with Crippen LogP contribution in [0.3, 0.4) is 0 Å². The van der Waals surface area contributed by atoms with Crippen molar-refractivity contribution in [3.8, 4) is 0 Å². The van der Waals surface area contributed by atoms with Crippen molar-refractivity contribution in [3.05, 3.63) is 47.5 Å². The minimum Gasteiger partial charge on any atom is -0.373 e. The van der Waals surface area contributed by atoms with Crippen molar-refractivity contribution in [2.45, 2.75) is 19.8 Å². The topological polar surface area (TPSA) is 66.9 Å². The summed E-state index contributed by atoms with van der Waals surface area (Å²) in [6, 6.07) is 6.08. The van der Waals surface area contributed by atoms with Crippen LogP contribution in [0.5, 0.6) is 0 Å². The Labute approximate surface area is 122 Å². The molecule has 0 unspecified atom stereocenters. The van der Waals surface area contributed by atoms with E-state index in [0.717, 1.165) is 24.7 Å². The molecular formula is C15H17FN4O. The largest absolute Gasteiger partial charge is 0.373 e. The van der Waals surface area contributed by atoms with E-state index < -0.39 is 5.82 Å². The van der Waals surface area contributed by atoms with Gasteiger partial charge in [-0.15, -0.1) is 0 Å². The summed E-state index contributed by atoms with van der Waals surface area (Å²) in [5, 5.41) is 5.57. The maximum Gasteiger partial charge on any atom is 0.257 e. The van der Waals surface area contributed by atoms with Crippen LogP contribution in [0, 0.1) is 5.82 Å². The number of nitrogens with zero attached hydrogens (tertiary/aromatic N) is 2. The Morgan fingerprint density at radius 2 is 2.10 bits per heavy atom. The maximum atomic E-state index is 12.8. The van der Waals surface area contributed by atoms with Gasteiger partial charge in [-0.1, -0.05) is 13.3 Å². The number of hydrogen-bond donors (Lipinski definition) is 2. The molecule has 0 bridgehead atoms. The van der Waals surface area contributed by atoms with Crippen LogP contribution in [0.25, 0.3) is 0 Å². The van der Waals surface area contributed by atoms with E-state index in [4.69, 9.17) is 0 Å². The van der Waals surface area contributed by atoms with E-state index in [1.54, 1.807) is 19.2 Å². The third-order valence-corrected chi connectivity index (χ3v) is 2.87. The standard InChI is InChI=1S/C15H17FN4O/c1-3-4-12-7-10(8-14(17-2)19-12)15(21)20-13-6-5-11(16)9-18-13/h5-9H,3-4H2,1-2H3,(H,17,19)(H,18,20,21). The molecule has 0 aliphatic carbocycles. The molecule has 21 heavy (non-hydrogen) atoms. The van der Waals surface area contributed by atoms with Crippen LogP contribution in [0.4, 0.5) is 16.0 Å². The summed E-state index contributed by atoms with van der Waals surface area (Å²) in [6.45, 7) is 2.05. The number of anilines is 2. The molecule has 2 rings (SSSR count). The number of aryl methyl sites for hydroxylation is 1. The van der Waals surface area contributed by atoms with Gasteiger partial charge in [-0.3, -0.25) is 4.79 Å². The van der Waals surface area contributed by atoms with Crippen molar-refractivity contribution < 1.29 is 9.18 Å². The molecule has 1 amide bonds. The lowest BCUT2D eigenvalue weighted by Crippen LogP contribution is -2.14. The van der Waals surface area contributed by atoms with E-state index in [2.05, 4.69) is 27.5 Å². The molecule has 2 heterocycles. The molecule has 2 aromatic rings. The lowest BCUT2D eigenvalue weighted by atomic mass is 10.1. The first-order valence-corrected chi connectivity index (χ1v) is 6.74. The van der Waals surface area contributed by atoms with Gasteiger partial charge in [-0.2, -0.15) is 0 Å². The van der Waals surface area contributed by atoms with Gasteiger partial charge in [0.1, 0.15) is 17.5 Å². The van der Waals surface area contributed by atoms with Gasteiger partial charge in [-0.05, 0) is 30.7 Å². The van der Waals surface area contributed by atoms with E-state index >= 15 is 0 Å². The number of halogens is 1. The molecule has 2 aromatic heterocycles. The van der Waals surface area contributed by atoms with E-state index in [9.17, 15) is 9.18 Å². The minimum absolute atomic E-state index is 0.301. The first kappa shape index (κ1) is 14.9. The third-order valence-electron chi connectivity index (χ3n) is 2.87. The average molecular weight is 288 g/mol. The fraction of sp³-hybridized carbons (Fsp3) is 0.267. The van der Waals surface area contributed by atoms with Gasteiger partial charge in [0.2, 0.25) is 0 Å². The number of nitrogens with one attached hydrogen (secondary N) is 2. The summed E-state index contributed by atoms with van der Waals surface area (Å²) in [5.74, 6) is 0.199. The van der Waals surface area contributed by atoms with Crippen LogP contribution in [0.15, 0.2) is 30.5 Å². The van der Waals surface area contributed by atoms with Gasteiger partial charge < -0.3 is 10.6 Å². The molecule has 0 aliphatic rings. The van der Waals surface area contributed by atoms with Crippen molar-refractivity contribution in [3.63, 3.8) is 0 Å². The number of hydrogen-bond acceptors (Lipinski definition) is 4. The van der Waals surface area contributed by atoms with Crippen LogP contribution in [0.1, 0.15) is 29.4 Å². The molecule has 0 fully saturated rings. The number of rotatable bonds is 5. The van der Waals surface area contributed by atoms with Gasteiger partial charge >= 0.3 is 0 Å². The summed E-state index contributed by atoms with van der Waals surface area (Å²) >= 11 is 0. The van der Waals surface area contributed by atoms with Gasteiger partial charge in [0.05, 0.1) is 6.20 Å². The summed E-state index contributed by atoms with van der Waals surface area (Å²) < 4.78 is 12.8. The zero-order valence-corrected chi connectivity index (χ0v) is 12.0. The smallest absolute Gasteiger partial charge is 0.257 e. The second kappa shape index (κ2) is 6.78. The zero-order chi connectivity index (χ0) is 15.2. The average Bonchev–Trinajstić information content (AvgIpc) is 2.49. The van der Waals surface area contributed by atoms with Gasteiger partial charge in [0.25, 0.3) is 5.91 Å². The molecule has 0 spiro atoms. The molecule has 0 aliphatic heterocycles. The summed E-state index contributed by atoms with van der Waals surface area (Å²) in [7, 11) is 1.75. The molecular weight excluding hydrogens is 271 g/mol. The van der Waals surface area contributed by atoms with E-state index in [1.165, 1.54) is 12.1 Å². The van der Waals surface area contributed by atoms with Crippen LogP contribution >= 0.6 is 0 Å². The van der Waals surface area contributed by atoms with E-state index in [-0.39, 0.29) is 5.91 Å². The van der Waals surface area contributed by atoms with E-state index in [0.29, 0.717) is 17.2 Å². The number of pyridine rings is 2. The highest BCUT2D eigenvalue weighted by molar-refractivity contribution is 6.04. The maximum absolute atomic E-state index is 12.8. The Hall–Kier alpha value is -2.50. The number of carbonyl (C=O) groups excluding carboxylic acids is 1. The molecule has 0 atom stereocenters. The normalized spacial score (nSPS) is 10.2.